The minimum atomic E-state index is 0.968. The van der Waals surface area contributed by atoms with Crippen LogP contribution in [-0.4, -0.2) is 4.98 Å². The van der Waals surface area contributed by atoms with Gasteiger partial charge in [-0.1, -0.05) is 48.6 Å². The molecule has 74 valence electrons. The molecular weight excluding hydrogens is 182 g/mol. The summed E-state index contributed by atoms with van der Waals surface area (Å²) in [6.07, 6.45) is 8.87. The summed E-state index contributed by atoms with van der Waals surface area (Å²) in [5.41, 5.74) is 2.48. The van der Waals surface area contributed by atoms with Gasteiger partial charge in [0.2, 0.25) is 0 Å². The van der Waals surface area contributed by atoms with Crippen molar-refractivity contribution in [2.24, 2.45) is 0 Å². The fourth-order valence-corrected chi connectivity index (χ4v) is 1.42. The summed E-state index contributed by atoms with van der Waals surface area (Å²) in [5, 5.41) is 0. The van der Waals surface area contributed by atoms with E-state index in [1.165, 1.54) is 5.56 Å². The van der Waals surface area contributed by atoms with Gasteiger partial charge in [-0.2, -0.15) is 0 Å². The maximum Gasteiger partial charge on any atom is 0.0340 e. The van der Waals surface area contributed by atoms with Crippen LogP contribution in [0, 0.1) is 0 Å². The van der Waals surface area contributed by atoms with Gasteiger partial charge >= 0.3 is 0 Å². The van der Waals surface area contributed by atoms with E-state index >= 15 is 0 Å². The van der Waals surface area contributed by atoms with Crippen molar-refractivity contribution in [1.82, 2.24) is 4.98 Å². The Labute approximate surface area is 90.1 Å². The Balaban J connectivity index is 1.97. The normalized spacial score (nSPS) is 10.7. The van der Waals surface area contributed by atoms with E-state index in [0.29, 0.717) is 0 Å². The first-order valence-electron chi connectivity index (χ1n) is 5.05. The van der Waals surface area contributed by atoms with Crippen LogP contribution in [0.25, 0.3) is 6.08 Å². The van der Waals surface area contributed by atoms with Crippen LogP contribution in [0.15, 0.2) is 60.9 Å². The molecule has 0 amide bonds. The van der Waals surface area contributed by atoms with Gasteiger partial charge in [0.1, 0.15) is 0 Å². The van der Waals surface area contributed by atoms with Crippen LogP contribution in [-0.2, 0) is 6.42 Å². The molecule has 1 nitrogen and oxygen atoms in total. The summed E-state index contributed by atoms with van der Waals surface area (Å²) in [6.45, 7) is 0. The van der Waals surface area contributed by atoms with Gasteiger partial charge in [0.15, 0.2) is 0 Å². The second-order valence-electron chi connectivity index (χ2n) is 3.38. The average Bonchev–Trinajstić information content (AvgIpc) is 2.32. The van der Waals surface area contributed by atoms with Crippen molar-refractivity contribution in [3.05, 3.63) is 72.1 Å². The third-order valence-electron chi connectivity index (χ3n) is 2.19. The second kappa shape index (κ2) is 5.11. The first-order chi connectivity index (χ1) is 7.45. The lowest BCUT2D eigenvalue weighted by molar-refractivity contribution is 1.27. The van der Waals surface area contributed by atoms with Crippen LogP contribution in [0.1, 0.15) is 11.1 Å². The van der Waals surface area contributed by atoms with E-state index in [0.717, 1.165) is 12.0 Å². The molecule has 1 heteroatoms. The van der Waals surface area contributed by atoms with Gasteiger partial charge in [-0.15, -0.1) is 0 Å². The van der Waals surface area contributed by atoms with E-state index in [2.05, 4.69) is 47.5 Å². The molecule has 0 saturated carbocycles. The molecule has 0 N–H and O–H groups in total. The summed E-state index contributed by atoms with van der Waals surface area (Å²) in [7, 11) is 0. The van der Waals surface area contributed by atoms with Crippen LogP contribution in [0.5, 0.6) is 0 Å². The molecule has 15 heavy (non-hydrogen) atoms. The summed E-state index contributed by atoms with van der Waals surface area (Å²) >= 11 is 0. The maximum atomic E-state index is 4.06. The number of hydrogen-bond donors (Lipinski definition) is 0. The van der Waals surface area contributed by atoms with Crippen molar-refractivity contribution in [3.63, 3.8) is 0 Å². The monoisotopic (exact) mass is 195 g/mol. The lowest BCUT2D eigenvalue weighted by atomic mass is 10.1. The molecule has 0 bridgehead atoms. The van der Waals surface area contributed by atoms with Crippen LogP contribution in [0.2, 0.25) is 0 Å². The molecule has 0 spiro atoms. The molecule has 2 rings (SSSR count). The van der Waals surface area contributed by atoms with Gasteiger partial charge in [-0.05, 0) is 23.6 Å². The zero-order chi connectivity index (χ0) is 10.3. The third kappa shape index (κ3) is 3.06. The number of hydrogen-bond acceptors (Lipinski definition) is 1. The highest BCUT2D eigenvalue weighted by atomic mass is 14.6. The molecule has 2 aromatic rings. The standard InChI is InChI=1S/C14H13N/c1-2-6-13(7-3-1)8-4-9-14-10-5-11-15-12-14/h1-7,9-12H,8H2/b9-4+. The fraction of sp³-hybridized carbons (Fsp3) is 0.0714. The largest absolute Gasteiger partial charge is 0.264 e. The molecule has 0 aliphatic carbocycles. The van der Waals surface area contributed by atoms with Crippen molar-refractivity contribution in [1.29, 1.82) is 0 Å². The lowest BCUT2D eigenvalue weighted by Crippen LogP contribution is -1.79. The maximum absolute atomic E-state index is 4.06. The van der Waals surface area contributed by atoms with Gasteiger partial charge in [0.25, 0.3) is 0 Å². The molecule has 0 radical (unpaired) electrons. The SMILES string of the molecule is C(=C\c1cccnc1)/Cc1ccccc1. The lowest BCUT2D eigenvalue weighted by Gasteiger charge is -1.94. The molecule has 0 unspecified atom stereocenters. The second-order valence-corrected chi connectivity index (χ2v) is 3.38. The highest BCUT2D eigenvalue weighted by Gasteiger charge is 1.86. The smallest absolute Gasteiger partial charge is 0.0340 e. The zero-order valence-corrected chi connectivity index (χ0v) is 8.51. The Bertz CT molecular complexity index is 418. The quantitative estimate of drug-likeness (QED) is 0.732. The molecule has 1 heterocycles. The van der Waals surface area contributed by atoms with Crippen LogP contribution in [0.3, 0.4) is 0 Å². The first-order valence-corrected chi connectivity index (χ1v) is 5.05. The number of aromatic nitrogens is 1. The first kappa shape index (κ1) is 9.66. The molecule has 1 aromatic heterocycles. The summed E-state index contributed by atoms with van der Waals surface area (Å²) in [6, 6.07) is 14.4. The molecular formula is C14H13N. The van der Waals surface area contributed by atoms with Crippen molar-refractivity contribution >= 4 is 6.08 Å². The van der Waals surface area contributed by atoms with Gasteiger partial charge in [-0.3, -0.25) is 4.98 Å². The van der Waals surface area contributed by atoms with Gasteiger partial charge < -0.3 is 0 Å². The van der Waals surface area contributed by atoms with Crippen LogP contribution >= 0.6 is 0 Å². The number of allylic oxidation sites excluding steroid dienone is 1. The minimum absolute atomic E-state index is 0.968. The summed E-state index contributed by atoms with van der Waals surface area (Å²) < 4.78 is 0. The average molecular weight is 195 g/mol. The predicted molar refractivity (Wildman–Crippen MR) is 63.4 cm³/mol. The van der Waals surface area contributed by atoms with E-state index in [1.54, 1.807) is 6.20 Å². The highest BCUT2D eigenvalue weighted by molar-refractivity contribution is 5.47. The van der Waals surface area contributed by atoms with E-state index in [1.807, 2.05) is 18.3 Å². The Kier molecular flexibility index (Phi) is 3.29. The van der Waals surface area contributed by atoms with Gasteiger partial charge in [-0.25, -0.2) is 0 Å². The van der Waals surface area contributed by atoms with Crippen molar-refractivity contribution in [2.45, 2.75) is 6.42 Å². The van der Waals surface area contributed by atoms with Crippen LogP contribution < -0.4 is 0 Å². The van der Waals surface area contributed by atoms with Crippen LogP contribution in [0.4, 0.5) is 0 Å². The molecule has 0 aliphatic heterocycles. The zero-order valence-electron chi connectivity index (χ0n) is 8.51. The van der Waals surface area contributed by atoms with Gasteiger partial charge in [0, 0.05) is 12.4 Å². The van der Waals surface area contributed by atoms with E-state index < -0.39 is 0 Å². The molecule has 0 atom stereocenters. The van der Waals surface area contributed by atoms with E-state index in [-0.39, 0.29) is 0 Å². The number of pyridine rings is 1. The van der Waals surface area contributed by atoms with Crippen molar-refractivity contribution < 1.29 is 0 Å². The van der Waals surface area contributed by atoms with Gasteiger partial charge in [0.05, 0.1) is 0 Å². The highest BCUT2D eigenvalue weighted by Crippen LogP contribution is 2.03. The Morgan fingerprint density at radius 1 is 1.00 bits per heavy atom. The van der Waals surface area contributed by atoms with E-state index in [9.17, 15) is 0 Å². The molecule has 0 saturated heterocycles. The predicted octanol–water partition coefficient (Wildman–Crippen LogP) is 3.34. The number of rotatable bonds is 3. The number of benzene rings is 1. The number of nitrogens with zero attached hydrogens (tertiary/aromatic N) is 1. The molecule has 0 aliphatic rings. The Hall–Kier alpha value is -1.89. The third-order valence-corrected chi connectivity index (χ3v) is 2.19. The van der Waals surface area contributed by atoms with E-state index in [4.69, 9.17) is 0 Å². The van der Waals surface area contributed by atoms with Crippen molar-refractivity contribution in [2.75, 3.05) is 0 Å². The minimum Gasteiger partial charge on any atom is -0.264 e. The summed E-state index contributed by atoms with van der Waals surface area (Å²) in [5.74, 6) is 0. The molecule has 1 aromatic carbocycles. The summed E-state index contributed by atoms with van der Waals surface area (Å²) in [4.78, 5) is 4.06. The molecule has 0 fully saturated rings. The van der Waals surface area contributed by atoms with Crippen molar-refractivity contribution in [3.8, 4) is 0 Å². The Morgan fingerprint density at radius 2 is 1.87 bits per heavy atom. The topological polar surface area (TPSA) is 12.9 Å². The Morgan fingerprint density at radius 3 is 2.60 bits per heavy atom. The fourth-order valence-electron chi connectivity index (χ4n) is 1.42.